The van der Waals surface area contributed by atoms with Gasteiger partial charge in [-0.15, -0.1) is 0 Å². The van der Waals surface area contributed by atoms with Crippen molar-refractivity contribution in [2.45, 2.75) is 27.2 Å². The number of hydrazone groups is 1. The summed E-state index contributed by atoms with van der Waals surface area (Å²) >= 11 is 0. The van der Waals surface area contributed by atoms with E-state index in [0.717, 1.165) is 22.8 Å². The fourth-order valence-corrected chi connectivity index (χ4v) is 2.53. The van der Waals surface area contributed by atoms with Crippen molar-refractivity contribution in [2.24, 2.45) is 5.10 Å². The van der Waals surface area contributed by atoms with E-state index in [2.05, 4.69) is 10.5 Å². The van der Waals surface area contributed by atoms with E-state index in [4.69, 9.17) is 4.74 Å². The van der Waals surface area contributed by atoms with Crippen molar-refractivity contribution < 1.29 is 19.6 Å². The molecule has 0 saturated heterocycles. The van der Waals surface area contributed by atoms with Crippen LogP contribution >= 0.6 is 0 Å². The summed E-state index contributed by atoms with van der Waals surface area (Å²) in [6, 6.07) is 8.38. The molecule has 27 heavy (non-hydrogen) atoms. The van der Waals surface area contributed by atoms with Crippen molar-refractivity contribution in [1.82, 2.24) is 5.43 Å². The number of benzene rings is 2. The lowest BCUT2D eigenvalue weighted by molar-refractivity contribution is -0.386. The Bertz CT molecular complexity index is 893. The molecule has 142 valence electrons. The highest BCUT2D eigenvalue weighted by atomic mass is 16.6. The van der Waals surface area contributed by atoms with Crippen LogP contribution in [0, 0.1) is 24.0 Å². The van der Waals surface area contributed by atoms with Gasteiger partial charge in [0, 0.05) is 11.6 Å². The summed E-state index contributed by atoms with van der Waals surface area (Å²) in [6.45, 7) is 5.84. The average molecular weight is 371 g/mol. The molecule has 0 aromatic heterocycles. The Labute approximate surface area is 156 Å². The molecule has 0 atom stereocenters. The van der Waals surface area contributed by atoms with Crippen molar-refractivity contribution in [3.63, 3.8) is 0 Å². The molecule has 2 N–H and O–H groups in total. The van der Waals surface area contributed by atoms with Gasteiger partial charge in [0.05, 0.1) is 24.2 Å². The van der Waals surface area contributed by atoms with Gasteiger partial charge in [-0.3, -0.25) is 14.9 Å². The van der Waals surface area contributed by atoms with Crippen LogP contribution < -0.4 is 10.2 Å². The van der Waals surface area contributed by atoms with Crippen molar-refractivity contribution in [1.29, 1.82) is 0 Å². The number of carbonyl (C=O) groups is 1. The minimum absolute atomic E-state index is 0.0187. The van der Waals surface area contributed by atoms with Crippen LogP contribution in [0.25, 0.3) is 0 Å². The van der Waals surface area contributed by atoms with Crippen LogP contribution in [0.2, 0.25) is 0 Å². The van der Waals surface area contributed by atoms with Gasteiger partial charge >= 0.3 is 5.69 Å². The highest BCUT2D eigenvalue weighted by molar-refractivity contribution is 5.85. The topological polar surface area (TPSA) is 114 Å². The number of nitro groups is 1. The van der Waals surface area contributed by atoms with Crippen LogP contribution in [0.4, 0.5) is 5.69 Å². The molecule has 0 radical (unpaired) electrons. The largest absolute Gasteiger partial charge is 0.500 e. The smallest absolute Gasteiger partial charge is 0.315 e. The van der Waals surface area contributed by atoms with Gasteiger partial charge in [-0.25, -0.2) is 5.43 Å². The number of phenols is 1. The Kier molecular flexibility index (Phi) is 6.48. The first-order valence-electron chi connectivity index (χ1n) is 8.34. The van der Waals surface area contributed by atoms with Crippen LogP contribution in [0.3, 0.4) is 0 Å². The van der Waals surface area contributed by atoms with Gasteiger partial charge in [0.1, 0.15) is 0 Å². The molecule has 0 aliphatic rings. The Hall–Kier alpha value is -3.42. The molecule has 8 nitrogen and oxygen atoms in total. The van der Waals surface area contributed by atoms with E-state index in [-0.39, 0.29) is 24.7 Å². The van der Waals surface area contributed by atoms with Crippen molar-refractivity contribution in [3.8, 4) is 11.5 Å². The van der Waals surface area contributed by atoms with Gasteiger partial charge in [-0.2, -0.15) is 5.10 Å². The third kappa shape index (κ3) is 5.27. The summed E-state index contributed by atoms with van der Waals surface area (Å²) in [5, 5.41) is 24.7. The first-order valence-corrected chi connectivity index (χ1v) is 8.34. The number of carbonyl (C=O) groups excluding carboxylic acids is 1. The SMILES string of the molecule is CCOc1cc(/C=N/NC(=O)Cc2ccc(C)cc2C)cc([N+](=O)[O-])c1O. The molecule has 0 fully saturated rings. The molecule has 0 unspecified atom stereocenters. The maximum atomic E-state index is 12.0. The molecular formula is C19H21N3O5. The number of aryl methyl sites for hydroxylation is 2. The second-order valence-corrected chi connectivity index (χ2v) is 5.98. The average Bonchev–Trinajstić information content (AvgIpc) is 2.60. The number of hydrogen-bond donors (Lipinski definition) is 2. The van der Waals surface area contributed by atoms with Crippen molar-refractivity contribution in [2.75, 3.05) is 6.61 Å². The zero-order valence-corrected chi connectivity index (χ0v) is 15.4. The highest BCUT2D eigenvalue weighted by Gasteiger charge is 2.19. The predicted octanol–water partition coefficient (Wildman–Crippen LogP) is 3.01. The van der Waals surface area contributed by atoms with Gasteiger partial charge in [0.15, 0.2) is 5.75 Å². The number of nitrogens with one attached hydrogen (secondary N) is 1. The van der Waals surface area contributed by atoms with Gasteiger partial charge in [-0.05, 0) is 38.0 Å². The van der Waals surface area contributed by atoms with E-state index in [9.17, 15) is 20.0 Å². The molecule has 0 bridgehead atoms. The van der Waals surface area contributed by atoms with E-state index < -0.39 is 16.4 Å². The van der Waals surface area contributed by atoms with Crippen LogP contribution in [-0.2, 0) is 11.2 Å². The molecule has 2 rings (SSSR count). The van der Waals surface area contributed by atoms with Gasteiger partial charge in [-0.1, -0.05) is 23.8 Å². The quantitative estimate of drug-likeness (QED) is 0.441. The van der Waals surface area contributed by atoms with Crippen molar-refractivity contribution >= 4 is 17.8 Å². The van der Waals surface area contributed by atoms with Gasteiger partial charge in [0.2, 0.25) is 11.7 Å². The molecule has 0 spiro atoms. The minimum Gasteiger partial charge on any atom is -0.500 e. The number of nitro benzene ring substituents is 1. The minimum atomic E-state index is -0.714. The standard InChI is InChI=1S/C19H21N3O5/c1-4-27-17-9-14(8-16(19(17)24)22(25)26)11-20-21-18(23)10-15-6-5-12(2)7-13(15)3/h5-9,11,24H,4,10H2,1-3H3,(H,21,23)/b20-11+. The lowest BCUT2D eigenvalue weighted by Crippen LogP contribution is -2.20. The van der Waals surface area contributed by atoms with E-state index in [0.29, 0.717) is 5.56 Å². The van der Waals surface area contributed by atoms with E-state index >= 15 is 0 Å². The lowest BCUT2D eigenvalue weighted by atomic mass is 10.0. The molecule has 0 aliphatic heterocycles. The first kappa shape index (κ1) is 19.9. The highest BCUT2D eigenvalue weighted by Crippen LogP contribution is 2.36. The molecule has 0 aliphatic carbocycles. The summed E-state index contributed by atoms with van der Waals surface area (Å²) in [6.07, 6.45) is 1.43. The molecule has 0 saturated carbocycles. The molecule has 2 aromatic carbocycles. The van der Waals surface area contributed by atoms with Gasteiger partial charge < -0.3 is 9.84 Å². The van der Waals surface area contributed by atoms with Gasteiger partial charge in [0.25, 0.3) is 0 Å². The number of phenolic OH excluding ortho intramolecular Hbond substituents is 1. The van der Waals surface area contributed by atoms with E-state index in [1.54, 1.807) is 6.92 Å². The number of hydrogen-bond acceptors (Lipinski definition) is 6. The van der Waals surface area contributed by atoms with E-state index in [1.165, 1.54) is 12.3 Å². The summed E-state index contributed by atoms with van der Waals surface area (Å²) in [5.74, 6) is -0.871. The zero-order valence-electron chi connectivity index (χ0n) is 15.4. The van der Waals surface area contributed by atoms with Crippen LogP contribution in [0.15, 0.2) is 35.4 Å². The monoisotopic (exact) mass is 371 g/mol. The number of ether oxygens (including phenoxy) is 1. The number of nitrogens with zero attached hydrogens (tertiary/aromatic N) is 2. The molecule has 1 amide bonds. The summed E-state index contributed by atoms with van der Waals surface area (Å²) in [5.41, 5.74) is 5.24. The maximum absolute atomic E-state index is 12.0. The fraction of sp³-hybridized carbons (Fsp3) is 0.263. The molecule has 2 aromatic rings. The maximum Gasteiger partial charge on any atom is 0.315 e. The van der Waals surface area contributed by atoms with E-state index in [1.807, 2.05) is 32.0 Å². The summed E-state index contributed by atoms with van der Waals surface area (Å²) in [4.78, 5) is 22.4. The second-order valence-electron chi connectivity index (χ2n) is 5.98. The Morgan fingerprint density at radius 3 is 2.70 bits per heavy atom. The number of aromatic hydroxyl groups is 1. The second kappa shape index (κ2) is 8.79. The summed E-state index contributed by atoms with van der Waals surface area (Å²) < 4.78 is 5.19. The lowest BCUT2D eigenvalue weighted by Gasteiger charge is -2.07. The molecular weight excluding hydrogens is 350 g/mol. The zero-order chi connectivity index (χ0) is 20.0. The third-order valence-electron chi connectivity index (χ3n) is 3.83. The van der Waals surface area contributed by atoms with Crippen molar-refractivity contribution in [3.05, 3.63) is 62.7 Å². The van der Waals surface area contributed by atoms with Crippen LogP contribution in [0.5, 0.6) is 11.5 Å². The van der Waals surface area contributed by atoms with Crippen LogP contribution in [-0.4, -0.2) is 28.8 Å². The normalized spacial score (nSPS) is 10.8. The predicted molar refractivity (Wildman–Crippen MR) is 101 cm³/mol. The molecule has 8 heteroatoms. The Balaban J connectivity index is 2.10. The fourth-order valence-electron chi connectivity index (χ4n) is 2.53. The number of amides is 1. The Morgan fingerprint density at radius 1 is 1.33 bits per heavy atom. The number of rotatable bonds is 7. The Morgan fingerprint density at radius 2 is 2.07 bits per heavy atom. The summed E-state index contributed by atoms with van der Waals surface area (Å²) in [7, 11) is 0. The molecule has 0 heterocycles. The third-order valence-corrected chi connectivity index (χ3v) is 3.83. The first-order chi connectivity index (χ1) is 12.8. The van der Waals surface area contributed by atoms with Crippen LogP contribution in [0.1, 0.15) is 29.2 Å².